The first kappa shape index (κ1) is 14.3. The lowest BCUT2D eigenvalue weighted by molar-refractivity contribution is -0.172. The second-order valence-corrected chi connectivity index (χ2v) is 7.83. The molecular weight excluding hydrogens is 288 g/mol. The Morgan fingerprint density at radius 3 is 3.04 bits per heavy atom. The van der Waals surface area contributed by atoms with Crippen molar-refractivity contribution in [2.24, 2.45) is 11.8 Å². The van der Waals surface area contributed by atoms with Gasteiger partial charge in [-0.15, -0.1) is 0 Å². The predicted molar refractivity (Wildman–Crippen MR) is 89.1 cm³/mol. The van der Waals surface area contributed by atoms with E-state index in [1.807, 2.05) is 12.1 Å². The van der Waals surface area contributed by atoms with Crippen LogP contribution in [0.3, 0.4) is 0 Å². The summed E-state index contributed by atoms with van der Waals surface area (Å²) in [6.45, 7) is 5.24. The number of piperidine rings is 3. The van der Waals surface area contributed by atoms with E-state index in [2.05, 4.69) is 29.3 Å². The van der Waals surface area contributed by atoms with Gasteiger partial charge in [0.25, 0.3) is 0 Å². The number of aliphatic hydroxyl groups is 1. The summed E-state index contributed by atoms with van der Waals surface area (Å²) in [4.78, 5) is 2.59. The molecule has 0 aliphatic carbocycles. The molecule has 0 spiro atoms. The molecule has 23 heavy (non-hydrogen) atoms. The molecule has 2 bridgehead atoms. The summed E-state index contributed by atoms with van der Waals surface area (Å²) in [6.07, 6.45) is 4.39. The molecule has 0 radical (unpaired) electrons. The van der Waals surface area contributed by atoms with E-state index >= 15 is 0 Å². The van der Waals surface area contributed by atoms with Crippen LogP contribution in [-0.2, 0) is 10.3 Å². The van der Waals surface area contributed by atoms with Crippen molar-refractivity contribution < 1.29 is 9.84 Å². The van der Waals surface area contributed by atoms with E-state index in [-0.39, 0.29) is 6.04 Å². The zero-order chi connectivity index (χ0) is 15.7. The highest BCUT2D eigenvalue weighted by Crippen LogP contribution is 2.57. The standard InChI is InChI=1S/C19H26N2O2/c1-2-13-12-21-9-7-14(13)11-17(21)19-18(22,8-10-23-19)15-5-3-4-6-16(15)20-19/h3-6,13-14,17,20,22H,2,7-12H2,1H3/t13-,14-,17+,18-,19+/m0/s1. The SMILES string of the molecule is CC[C@H]1CN2CC[C@H]1C[C@@H]2[C@]12Nc3ccccc3[C@@]1(O)CCO2. The number of nitrogens with one attached hydrogen (secondary N) is 1. The fourth-order valence-corrected chi connectivity index (χ4v) is 5.77. The Labute approximate surface area is 137 Å². The highest BCUT2D eigenvalue weighted by molar-refractivity contribution is 5.63. The summed E-state index contributed by atoms with van der Waals surface area (Å²) in [5.41, 5.74) is 0.512. The Morgan fingerprint density at radius 2 is 2.26 bits per heavy atom. The molecule has 2 N–H and O–H groups in total. The van der Waals surface area contributed by atoms with Crippen LogP contribution in [0, 0.1) is 11.8 Å². The van der Waals surface area contributed by atoms with E-state index in [4.69, 9.17) is 4.74 Å². The largest absolute Gasteiger partial charge is 0.380 e. The molecule has 1 unspecified atom stereocenters. The van der Waals surface area contributed by atoms with Gasteiger partial charge in [-0.25, -0.2) is 0 Å². The molecule has 4 saturated heterocycles. The Bertz CT molecular complexity index is 636. The lowest BCUT2D eigenvalue weighted by atomic mass is 9.69. The minimum absolute atomic E-state index is 0.268. The topological polar surface area (TPSA) is 44.7 Å². The molecule has 124 valence electrons. The molecule has 1 aromatic carbocycles. The third kappa shape index (κ3) is 1.67. The Hall–Kier alpha value is -1.10. The molecule has 4 heteroatoms. The molecular formula is C19H26N2O2. The zero-order valence-corrected chi connectivity index (χ0v) is 13.8. The maximum Gasteiger partial charge on any atom is 0.187 e. The second-order valence-electron chi connectivity index (χ2n) is 7.83. The number of fused-ring (bicyclic) bond motifs is 7. The summed E-state index contributed by atoms with van der Waals surface area (Å²) in [5, 5.41) is 15.2. The smallest absolute Gasteiger partial charge is 0.187 e. The number of para-hydroxylation sites is 1. The van der Waals surface area contributed by atoms with Crippen molar-refractivity contribution in [2.75, 3.05) is 25.0 Å². The predicted octanol–water partition coefficient (Wildman–Crippen LogP) is 2.54. The van der Waals surface area contributed by atoms with Crippen LogP contribution in [0.2, 0.25) is 0 Å². The Kier molecular flexibility index (Phi) is 2.92. The lowest BCUT2D eigenvalue weighted by Crippen LogP contribution is -2.68. The summed E-state index contributed by atoms with van der Waals surface area (Å²) < 4.78 is 6.31. The molecule has 6 atom stereocenters. The minimum atomic E-state index is -0.895. The van der Waals surface area contributed by atoms with Crippen molar-refractivity contribution in [2.45, 2.75) is 50.0 Å². The van der Waals surface area contributed by atoms with Crippen LogP contribution in [0.15, 0.2) is 24.3 Å². The van der Waals surface area contributed by atoms with Crippen LogP contribution >= 0.6 is 0 Å². The molecule has 5 heterocycles. The summed E-state index contributed by atoms with van der Waals surface area (Å²) in [5.74, 6) is 1.60. The first-order chi connectivity index (χ1) is 11.2. The van der Waals surface area contributed by atoms with Crippen LogP contribution in [0.5, 0.6) is 0 Å². The third-order valence-electron chi connectivity index (χ3n) is 6.98. The molecule has 5 aliphatic heterocycles. The number of ether oxygens (including phenoxy) is 1. The van der Waals surface area contributed by atoms with Crippen molar-refractivity contribution in [1.29, 1.82) is 0 Å². The molecule has 4 fully saturated rings. The number of benzene rings is 1. The average molecular weight is 314 g/mol. The van der Waals surface area contributed by atoms with Gasteiger partial charge in [0.15, 0.2) is 5.72 Å². The summed E-state index contributed by atoms with van der Waals surface area (Å²) in [6, 6.07) is 8.45. The highest BCUT2D eigenvalue weighted by atomic mass is 16.5. The normalized spacial score (nSPS) is 47.2. The van der Waals surface area contributed by atoms with E-state index in [0.29, 0.717) is 13.0 Å². The van der Waals surface area contributed by atoms with Gasteiger partial charge in [0.1, 0.15) is 5.60 Å². The van der Waals surface area contributed by atoms with E-state index in [9.17, 15) is 5.11 Å². The lowest BCUT2D eigenvalue weighted by Gasteiger charge is -2.56. The Balaban J connectivity index is 1.56. The van der Waals surface area contributed by atoms with Crippen molar-refractivity contribution in [3.8, 4) is 0 Å². The fourth-order valence-electron chi connectivity index (χ4n) is 5.77. The van der Waals surface area contributed by atoms with Crippen molar-refractivity contribution in [3.63, 3.8) is 0 Å². The van der Waals surface area contributed by atoms with Crippen LogP contribution < -0.4 is 5.32 Å². The molecule has 1 aromatic rings. The Morgan fingerprint density at radius 1 is 1.39 bits per heavy atom. The number of rotatable bonds is 2. The van der Waals surface area contributed by atoms with Gasteiger partial charge < -0.3 is 15.2 Å². The quantitative estimate of drug-likeness (QED) is 0.880. The van der Waals surface area contributed by atoms with Gasteiger partial charge >= 0.3 is 0 Å². The number of nitrogens with zero attached hydrogens (tertiary/aromatic N) is 1. The molecule has 0 aromatic heterocycles. The first-order valence-corrected chi connectivity index (χ1v) is 9.16. The van der Waals surface area contributed by atoms with Crippen LogP contribution in [0.25, 0.3) is 0 Å². The number of hydrogen-bond acceptors (Lipinski definition) is 4. The third-order valence-corrected chi connectivity index (χ3v) is 6.98. The van der Waals surface area contributed by atoms with Gasteiger partial charge in [-0.3, -0.25) is 4.90 Å². The van der Waals surface area contributed by atoms with Crippen LogP contribution in [0.1, 0.15) is 38.2 Å². The van der Waals surface area contributed by atoms with Crippen molar-refractivity contribution >= 4 is 5.69 Å². The van der Waals surface area contributed by atoms with Gasteiger partial charge in [-0.1, -0.05) is 31.5 Å². The van der Waals surface area contributed by atoms with Crippen molar-refractivity contribution in [1.82, 2.24) is 4.90 Å². The number of anilines is 1. The molecule has 0 amide bonds. The monoisotopic (exact) mass is 314 g/mol. The van der Waals surface area contributed by atoms with Gasteiger partial charge in [0.05, 0.1) is 12.6 Å². The molecule has 4 nitrogen and oxygen atoms in total. The fraction of sp³-hybridized carbons (Fsp3) is 0.684. The molecule has 5 aliphatic rings. The maximum absolute atomic E-state index is 11.6. The van der Waals surface area contributed by atoms with Gasteiger partial charge in [-0.2, -0.15) is 0 Å². The van der Waals surface area contributed by atoms with Crippen LogP contribution in [0.4, 0.5) is 5.69 Å². The summed E-state index contributed by atoms with van der Waals surface area (Å²) in [7, 11) is 0. The summed E-state index contributed by atoms with van der Waals surface area (Å²) >= 11 is 0. The van der Waals surface area contributed by atoms with Gasteiger partial charge in [-0.05, 0) is 37.3 Å². The molecule has 6 rings (SSSR count). The van der Waals surface area contributed by atoms with Gasteiger partial charge in [0, 0.05) is 24.2 Å². The second kappa shape index (κ2) is 4.71. The van der Waals surface area contributed by atoms with E-state index in [1.54, 1.807) is 0 Å². The van der Waals surface area contributed by atoms with Gasteiger partial charge in [0.2, 0.25) is 0 Å². The average Bonchev–Trinajstić information content (AvgIpc) is 3.05. The maximum atomic E-state index is 11.6. The van der Waals surface area contributed by atoms with Crippen LogP contribution in [-0.4, -0.2) is 41.5 Å². The van der Waals surface area contributed by atoms with Crippen molar-refractivity contribution in [3.05, 3.63) is 29.8 Å². The highest BCUT2D eigenvalue weighted by Gasteiger charge is 2.67. The molecule has 0 saturated carbocycles. The zero-order valence-electron chi connectivity index (χ0n) is 13.8. The van der Waals surface area contributed by atoms with E-state index < -0.39 is 11.3 Å². The van der Waals surface area contributed by atoms with E-state index in [1.165, 1.54) is 12.8 Å². The number of hydrogen-bond donors (Lipinski definition) is 2. The minimum Gasteiger partial charge on any atom is -0.380 e. The van der Waals surface area contributed by atoms with E-state index in [0.717, 1.165) is 42.6 Å². The first-order valence-electron chi connectivity index (χ1n) is 9.16.